The van der Waals surface area contributed by atoms with Gasteiger partial charge in [0.1, 0.15) is 17.1 Å². The molecule has 0 fully saturated rings. The normalized spacial score (nSPS) is 13.7. The molecule has 0 unspecified atom stereocenters. The molecule has 3 aliphatic rings. The van der Waals surface area contributed by atoms with Crippen LogP contribution in [0.3, 0.4) is 0 Å². The van der Waals surface area contributed by atoms with Gasteiger partial charge in [0, 0.05) is 50.2 Å². The lowest BCUT2D eigenvalue weighted by Crippen LogP contribution is -2.32. The molecule has 1 aliphatic heterocycles. The van der Waals surface area contributed by atoms with Gasteiger partial charge < -0.3 is 19.0 Å². The van der Waals surface area contributed by atoms with Crippen molar-refractivity contribution in [3.63, 3.8) is 0 Å². The van der Waals surface area contributed by atoms with Crippen molar-refractivity contribution in [1.29, 1.82) is 0 Å². The van der Waals surface area contributed by atoms with Crippen molar-refractivity contribution in [2.24, 2.45) is 0 Å². The Morgan fingerprint density at radius 2 is 0.838 bits per heavy atom. The first-order valence-corrected chi connectivity index (χ1v) is 27.7. The monoisotopic (exact) mass is 1020 g/mol. The quantitative estimate of drug-likeness (QED) is 0.152. The zero-order chi connectivity index (χ0) is 53.1. The summed E-state index contributed by atoms with van der Waals surface area (Å²) in [6.07, 6.45) is 0. The molecule has 80 heavy (non-hydrogen) atoms. The van der Waals surface area contributed by atoms with Crippen LogP contribution >= 0.6 is 0 Å². The minimum atomic E-state index is -0.717. The number of anilines is 6. The first-order chi connectivity index (χ1) is 39.4. The Labute approximate surface area is 465 Å². The second kappa shape index (κ2) is 17.7. The summed E-state index contributed by atoms with van der Waals surface area (Å²) in [7, 11) is 0. The molecular weight excluding hydrogens is 973 g/mol. The second-order valence-electron chi connectivity index (χ2n) is 21.9. The number of hydrogen-bond donors (Lipinski definition) is 0. The smallest absolute Gasteiger partial charge is 0.159 e. The average Bonchev–Trinajstić information content (AvgIpc) is 4.32. The van der Waals surface area contributed by atoms with Crippen LogP contribution in [0.1, 0.15) is 47.2 Å². The van der Waals surface area contributed by atoms with Gasteiger partial charge in [-0.2, -0.15) is 0 Å². The van der Waals surface area contributed by atoms with Gasteiger partial charge in [-0.1, -0.05) is 220 Å². The average molecular weight is 1030 g/mol. The summed E-state index contributed by atoms with van der Waals surface area (Å²) in [5, 5.41) is 2.06. The molecule has 0 saturated carbocycles. The van der Waals surface area contributed by atoms with Crippen molar-refractivity contribution in [1.82, 2.24) is 0 Å². The van der Waals surface area contributed by atoms with Crippen LogP contribution in [0.25, 0.3) is 66.4 Å². The highest BCUT2D eigenvalue weighted by Gasteiger charge is 2.52. The van der Waals surface area contributed by atoms with Gasteiger partial charge in [0.2, 0.25) is 0 Å². The van der Waals surface area contributed by atoms with E-state index in [-0.39, 0.29) is 5.41 Å². The largest absolute Gasteiger partial charge is 0.456 e. The highest BCUT2D eigenvalue weighted by molar-refractivity contribution is 6.17. The number of furan rings is 1. The van der Waals surface area contributed by atoms with E-state index in [0.717, 1.165) is 95.4 Å². The first-order valence-electron chi connectivity index (χ1n) is 27.7. The van der Waals surface area contributed by atoms with Gasteiger partial charge in [0.05, 0.1) is 22.2 Å². The summed E-state index contributed by atoms with van der Waals surface area (Å²) in [5.41, 5.74) is 23.5. The fourth-order valence-corrected chi connectivity index (χ4v) is 13.8. The maximum atomic E-state index is 7.37. The van der Waals surface area contributed by atoms with Crippen LogP contribution in [-0.4, -0.2) is 0 Å². The van der Waals surface area contributed by atoms with E-state index in [4.69, 9.17) is 9.15 Å². The number of para-hydroxylation sites is 4. The molecule has 16 rings (SSSR count). The van der Waals surface area contributed by atoms with Gasteiger partial charge in [-0.15, -0.1) is 0 Å². The second-order valence-corrected chi connectivity index (χ2v) is 21.9. The molecule has 0 atom stereocenters. The maximum Gasteiger partial charge on any atom is 0.159 e. The van der Waals surface area contributed by atoms with Crippen LogP contribution in [-0.2, 0) is 10.8 Å². The molecular formula is C76H52N2O2. The van der Waals surface area contributed by atoms with Crippen LogP contribution < -0.4 is 14.5 Å². The Bertz CT molecular complexity index is 4550. The Morgan fingerprint density at radius 1 is 0.325 bits per heavy atom. The van der Waals surface area contributed by atoms with E-state index in [0.29, 0.717) is 0 Å². The lowest BCUT2D eigenvalue weighted by atomic mass is 9.65. The standard InChI is InChI=1S/C76H52N2O2/c1-75(2)62-32-15-12-28-56(62)59-45-44-54(47-66(59)75)77(52-24-8-4-9-25-52)68-36-21-39-71-72(68)60-31-20-37-69(74(60)80-71)78(53-26-10-5-11-27-53)55-46-61(51-42-40-50(41-43-51)49-22-6-3-7-23-49)73-67(48-55)76(65-35-18-19-38-70(65)79-73)63-33-16-13-29-57(63)58-30-14-17-34-64(58)76/h3-48H,1-2H3. The number of hydrogen-bond acceptors (Lipinski definition) is 4. The third kappa shape index (κ3) is 6.69. The van der Waals surface area contributed by atoms with Gasteiger partial charge in [0.15, 0.2) is 5.58 Å². The predicted molar refractivity (Wildman–Crippen MR) is 329 cm³/mol. The van der Waals surface area contributed by atoms with Crippen LogP contribution in [0, 0.1) is 0 Å². The van der Waals surface area contributed by atoms with Crippen LogP contribution in [0.2, 0.25) is 0 Å². The number of ether oxygens (including phenoxy) is 1. The minimum absolute atomic E-state index is 0.170. The molecule has 4 nitrogen and oxygen atoms in total. The fraction of sp³-hybridized carbons (Fsp3) is 0.0526. The highest BCUT2D eigenvalue weighted by Crippen LogP contribution is 2.64. The lowest BCUT2D eigenvalue weighted by Gasteiger charge is -2.41. The maximum absolute atomic E-state index is 7.37. The van der Waals surface area contributed by atoms with E-state index in [1.54, 1.807) is 0 Å². The molecule has 0 amide bonds. The van der Waals surface area contributed by atoms with E-state index in [2.05, 4.69) is 303 Å². The van der Waals surface area contributed by atoms with Gasteiger partial charge in [-0.05, 0) is 134 Å². The van der Waals surface area contributed by atoms with E-state index < -0.39 is 5.41 Å². The zero-order valence-corrected chi connectivity index (χ0v) is 44.3. The van der Waals surface area contributed by atoms with E-state index in [9.17, 15) is 0 Å². The molecule has 0 N–H and O–H groups in total. The SMILES string of the molecule is CC1(C)c2ccccc2-c2ccc(N(c3ccccc3)c3cccc4oc5c(N(c6ccccc6)c6cc(-c7ccc(-c8ccccc8)cc7)c7c(c6)C6(c8ccccc8O7)c7ccccc7-c7ccccc76)cccc5c34)cc21. The van der Waals surface area contributed by atoms with Crippen molar-refractivity contribution in [2.75, 3.05) is 9.80 Å². The summed E-state index contributed by atoms with van der Waals surface area (Å²) in [6.45, 7) is 4.70. The number of fused-ring (bicyclic) bond motifs is 15. The highest BCUT2D eigenvalue weighted by atomic mass is 16.5. The number of nitrogens with zero attached hydrogens (tertiary/aromatic N) is 2. The van der Waals surface area contributed by atoms with Gasteiger partial charge in [-0.3, -0.25) is 0 Å². The molecule has 1 aromatic heterocycles. The van der Waals surface area contributed by atoms with E-state index in [1.807, 2.05) is 0 Å². The minimum Gasteiger partial charge on any atom is -0.456 e. The van der Waals surface area contributed by atoms with Crippen LogP contribution in [0.4, 0.5) is 34.1 Å². The Kier molecular flexibility index (Phi) is 10.2. The summed E-state index contributed by atoms with van der Waals surface area (Å²) >= 11 is 0. The molecule has 12 aromatic carbocycles. The fourth-order valence-electron chi connectivity index (χ4n) is 13.8. The zero-order valence-electron chi connectivity index (χ0n) is 44.3. The Hall–Kier alpha value is -10.2. The number of benzene rings is 12. The van der Waals surface area contributed by atoms with Crippen molar-refractivity contribution in [2.45, 2.75) is 24.7 Å². The summed E-state index contributed by atoms with van der Waals surface area (Å²) in [6, 6.07) is 101. The lowest BCUT2D eigenvalue weighted by molar-refractivity contribution is 0.438. The molecule has 1 spiro atoms. The molecule has 0 radical (unpaired) electrons. The van der Waals surface area contributed by atoms with Crippen molar-refractivity contribution in [3.05, 3.63) is 312 Å². The number of rotatable bonds is 8. The van der Waals surface area contributed by atoms with Gasteiger partial charge in [0.25, 0.3) is 0 Å². The molecule has 378 valence electrons. The van der Waals surface area contributed by atoms with Gasteiger partial charge in [-0.25, -0.2) is 0 Å². The van der Waals surface area contributed by atoms with Crippen LogP contribution in [0.5, 0.6) is 11.5 Å². The molecule has 2 heterocycles. The summed E-state index contributed by atoms with van der Waals surface area (Å²) in [4.78, 5) is 4.80. The summed E-state index contributed by atoms with van der Waals surface area (Å²) < 4.78 is 14.7. The molecule has 0 saturated heterocycles. The van der Waals surface area contributed by atoms with Crippen molar-refractivity contribution < 1.29 is 9.15 Å². The van der Waals surface area contributed by atoms with E-state index in [1.165, 1.54) is 50.1 Å². The topological polar surface area (TPSA) is 28.9 Å². The molecule has 13 aromatic rings. The third-order valence-electron chi connectivity index (χ3n) is 17.3. The third-order valence-corrected chi connectivity index (χ3v) is 17.3. The first kappa shape index (κ1) is 46.0. The van der Waals surface area contributed by atoms with E-state index >= 15 is 0 Å². The Balaban J connectivity index is 0.948. The van der Waals surface area contributed by atoms with Gasteiger partial charge >= 0.3 is 0 Å². The van der Waals surface area contributed by atoms with Crippen LogP contribution in [0.15, 0.2) is 283 Å². The Morgan fingerprint density at radius 3 is 1.52 bits per heavy atom. The van der Waals surface area contributed by atoms with Crippen molar-refractivity contribution >= 4 is 56.1 Å². The molecule has 2 aliphatic carbocycles. The molecule has 0 bridgehead atoms. The van der Waals surface area contributed by atoms with Crippen molar-refractivity contribution in [3.8, 4) is 56.0 Å². The summed E-state index contributed by atoms with van der Waals surface area (Å²) in [5.74, 6) is 1.69. The molecule has 4 heteroatoms. The predicted octanol–water partition coefficient (Wildman–Crippen LogP) is 20.6.